The molecule has 2 N–H and O–H groups in total. The van der Waals surface area contributed by atoms with Gasteiger partial charge in [-0.15, -0.1) is 0 Å². The Balaban J connectivity index is 0.00000196. The van der Waals surface area contributed by atoms with Crippen molar-refractivity contribution < 1.29 is 13.0 Å². The average Bonchev–Trinajstić information content (AvgIpc) is 2.02. The topological polar surface area (TPSA) is 66.4 Å². The fourth-order valence-corrected chi connectivity index (χ4v) is 1.36. The van der Waals surface area contributed by atoms with Crippen molar-refractivity contribution in [3.8, 4) is 0 Å². The molecule has 79 valence electrons. The summed E-state index contributed by atoms with van der Waals surface area (Å²) in [6.07, 6.45) is 0. The Kier molecular flexibility index (Phi) is 6.17. The van der Waals surface area contributed by atoms with E-state index in [9.17, 15) is 8.42 Å². The molecule has 15 heavy (non-hydrogen) atoms. The SMILES string of the molecule is CC(Nc1cccc(Cl)c1)S(=O)(=O)O.[Na]. The number of hydrogen-bond donors (Lipinski definition) is 2. The Morgan fingerprint density at radius 3 is 2.53 bits per heavy atom. The molecule has 4 nitrogen and oxygen atoms in total. The summed E-state index contributed by atoms with van der Waals surface area (Å²) in [5.74, 6) is 0. The molecule has 1 aromatic rings. The molecule has 0 fully saturated rings. The van der Waals surface area contributed by atoms with E-state index in [4.69, 9.17) is 16.2 Å². The maximum Gasteiger partial charge on any atom is 0.285 e. The molecule has 0 spiro atoms. The van der Waals surface area contributed by atoms with Crippen molar-refractivity contribution in [2.75, 3.05) is 5.32 Å². The molecular formula is C8H10ClNNaO3S. The monoisotopic (exact) mass is 258 g/mol. The van der Waals surface area contributed by atoms with Crippen molar-refractivity contribution in [1.82, 2.24) is 0 Å². The zero-order chi connectivity index (χ0) is 10.8. The largest absolute Gasteiger partial charge is 0.367 e. The first-order valence-electron chi connectivity index (χ1n) is 3.88. The number of nitrogens with one attached hydrogen (secondary N) is 1. The van der Waals surface area contributed by atoms with E-state index < -0.39 is 15.5 Å². The number of rotatable bonds is 3. The van der Waals surface area contributed by atoms with Gasteiger partial charge in [-0.25, -0.2) is 0 Å². The molecule has 0 aliphatic heterocycles. The van der Waals surface area contributed by atoms with Crippen molar-refractivity contribution in [3.63, 3.8) is 0 Å². The van der Waals surface area contributed by atoms with E-state index >= 15 is 0 Å². The molecule has 0 saturated carbocycles. The minimum atomic E-state index is -4.07. The van der Waals surface area contributed by atoms with Gasteiger partial charge >= 0.3 is 0 Å². The van der Waals surface area contributed by atoms with Gasteiger partial charge in [-0.2, -0.15) is 8.42 Å². The fraction of sp³-hybridized carbons (Fsp3) is 0.250. The van der Waals surface area contributed by atoms with Crippen LogP contribution in [0.25, 0.3) is 0 Å². The smallest absolute Gasteiger partial charge is 0.285 e. The third-order valence-corrected chi connectivity index (χ3v) is 2.89. The van der Waals surface area contributed by atoms with E-state index in [0.717, 1.165) is 0 Å². The first-order valence-corrected chi connectivity index (χ1v) is 5.76. The van der Waals surface area contributed by atoms with Gasteiger partial charge in [-0.3, -0.25) is 4.55 Å². The van der Waals surface area contributed by atoms with Crippen LogP contribution in [0.3, 0.4) is 0 Å². The standard InChI is InChI=1S/C8H10ClNO3S.Na/c1-6(14(11,12)13)10-8-4-2-3-7(9)5-8;/h2-6,10H,1H3,(H,11,12,13);. The van der Waals surface area contributed by atoms with E-state index in [0.29, 0.717) is 10.7 Å². The predicted octanol–water partition coefficient (Wildman–Crippen LogP) is 1.60. The fourth-order valence-electron chi connectivity index (χ4n) is 0.887. The second kappa shape index (κ2) is 6.08. The Labute approximate surface area is 116 Å². The summed E-state index contributed by atoms with van der Waals surface area (Å²) in [6, 6.07) is 6.59. The molecule has 0 bridgehead atoms. The van der Waals surface area contributed by atoms with Crippen LogP contribution >= 0.6 is 11.6 Å². The molecule has 1 radical (unpaired) electrons. The summed E-state index contributed by atoms with van der Waals surface area (Å²) in [4.78, 5) is 0. The van der Waals surface area contributed by atoms with E-state index in [1.165, 1.54) is 6.92 Å². The van der Waals surface area contributed by atoms with Crippen LogP contribution in [0, 0.1) is 0 Å². The molecule has 0 amide bonds. The summed E-state index contributed by atoms with van der Waals surface area (Å²) in [6.45, 7) is 1.34. The van der Waals surface area contributed by atoms with Crippen LogP contribution in [-0.2, 0) is 10.1 Å². The molecule has 0 aromatic heterocycles. The molecule has 0 saturated heterocycles. The Morgan fingerprint density at radius 2 is 2.07 bits per heavy atom. The van der Waals surface area contributed by atoms with E-state index in [2.05, 4.69) is 5.32 Å². The Bertz CT molecular complexity index is 424. The van der Waals surface area contributed by atoms with Gasteiger partial charge in [0.2, 0.25) is 0 Å². The van der Waals surface area contributed by atoms with Gasteiger partial charge in [0.25, 0.3) is 10.1 Å². The van der Waals surface area contributed by atoms with Crippen molar-refractivity contribution in [2.24, 2.45) is 0 Å². The number of hydrogen-bond acceptors (Lipinski definition) is 3. The molecule has 1 atom stereocenters. The van der Waals surface area contributed by atoms with Crippen molar-refractivity contribution in [1.29, 1.82) is 0 Å². The molecular weight excluding hydrogens is 249 g/mol. The number of halogens is 1. The van der Waals surface area contributed by atoms with Crippen LogP contribution in [0.5, 0.6) is 0 Å². The van der Waals surface area contributed by atoms with Gasteiger partial charge in [0.05, 0.1) is 0 Å². The summed E-state index contributed by atoms with van der Waals surface area (Å²) in [5.41, 5.74) is 0.544. The maximum absolute atomic E-state index is 10.7. The first kappa shape index (κ1) is 15.2. The Morgan fingerprint density at radius 1 is 1.47 bits per heavy atom. The number of anilines is 1. The summed E-state index contributed by atoms with van der Waals surface area (Å²) in [5, 5.41) is 2.04. The number of benzene rings is 1. The maximum atomic E-state index is 10.7. The second-order valence-electron chi connectivity index (χ2n) is 2.81. The van der Waals surface area contributed by atoms with Crippen LogP contribution in [-0.4, -0.2) is 47.9 Å². The van der Waals surface area contributed by atoms with E-state index in [-0.39, 0.29) is 29.6 Å². The van der Waals surface area contributed by atoms with Crippen LogP contribution in [0.15, 0.2) is 24.3 Å². The van der Waals surface area contributed by atoms with Gasteiger partial charge in [-0.1, -0.05) is 17.7 Å². The molecule has 0 aliphatic carbocycles. The van der Waals surface area contributed by atoms with Gasteiger partial charge in [0.15, 0.2) is 5.37 Å². The molecule has 0 heterocycles. The van der Waals surface area contributed by atoms with Crippen molar-refractivity contribution in [2.45, 2.75) is 12.3 Å². The summed E-state index contributed by atoms with van der Waals surface area (Å²) in [7, 11) is -4.07. The molecule has 1 aromatic carbocycles. The zero-order valence-corrected chi connectivity index (χ0v) is 12.0. The van der Waals surface area contributed by atoms with E-state index in [1.807, 2.05) is 0 Å². The minimum Gasteiger partial charge on any atom is -0.367 e. The van der Waals surface area contributed by atoms with Gasteiger partial charge in [0.1, 0.15) is 0 Å². The minimum absolute atomic E-state index is 0. The first-order chi connectivity index (χ1) is 6.39. The molecule has 1 unspecified atom stereocenters. The third kappa shape index (κ3) is 5.19. The van der Waals surface area contributed by atoms with Crippen LogP contribution in [0.1, 0.15) is 6.92 Å². The third-order valence-electron chi connectivity index (χ3n) is 1.64. The van der Waals surface area contributed by atoms with Gasteiger partial charge in [0, 0.05) is 40.3 Å². The summed E-state index contributed by atoms with van der Waals surface area (Å²) >= 11 is 5.69. The quantitative estimate of drug-likeness (QED) is 0.638. The average molecular weight is 259 g/mol. The van der Waals surface area contributed by atoms with Gasteiger partial charge in [-0.05, 0) is 25.1 Å². The second-order valence-corrected chi connectivity index (χ2v) is 4.99. The summed E-state index contributed by atoms with van der Waals surface area (Å²) < 4.78 is 30.1. The van der Waals surface area contributed by atoms with Crippen molar-refractivity contribution in [3.05, 3.63) is 29.3 Å². The van der Waals surface area contributed by atoms with Crippen LogP contribution in [0.4, 0.5) is 5.69 Å². The molecule has 1 rings (SSSR count). The predicted molar refractivity (Wildman–Crippen MR) is 61.8 cm³/mol. The zero-order valence-electron chi connectivity index (χ0n) is 8.44. The molecule has 0 aliphatic rings. The Hall–Kier alpha value is 0.220. The van der Waals surface area contributed by atoms with Crippen LogP contribution in [0.2, 0.25) is 5.02 Å². The normalized spacial score (nSPS) is 12.7. The molecule has 7 heteroatoms. The van der Waals surface area contributed by atoms with Crippen molar-refractivity contribution >= 4 is 57.0 Å². The van der Waals surface area contributed by atoms with E-state index in [1.54, 1.807) is 24.3 Å². The van der Waals surface area contributed by atoms with Crippen LogP contribution < -0.4 is 5.32 Å². The van der Waals surface area contributed by atoms with Gasteiger partial charge < -0.3 is 5.32 Å².